The summed E-state index contributed by atoms with van der Waals surface area (Å²) in [5.41, 5.74) is 0.699. The van der Waals surface area contributed by atoms with Gasteiger partial charge in [-0.25, -0.2) is 0 Å². The molecule has 1 aromatic carbocycles. The average Bonchev–Trinajstić information content (AvgIpc) is 2.81. The molecular formula is C10H7N3O3. The number of nitrogens with zero attached hydrogens (tertiary/aromatic N) is 2. The molecule has 0 aliphatic rings. The Bertz CT molecular complexity index is 517. The van der Waals surface area contributed by atoms with Gasteiger partial charge in [0.1, 0.15) is 5.69 Å². The minimum absolute atomic E-state index is 0.0406. The molecular weight excluding hydrogens is 210 g/mol. The SMILES string of the molecule is O=C(c1ccc([N+](=O)[O-])cc1)c1ccn[nH]1. The Morgan fingerprint density at radius 3 is 2.44 bits per heavy atom. The summed E-state index contributed by atoms with van der Waals surface area (Å²) in [5.74, 6) is -0.243. The van der Waals surface area contributed by atoms with Gasteiger partial charge in [0.15, 0.2) is 0 Å². The van der Waals surface area contributed by atoms with E-state index in [2.05, 4.69) is 10.2 Å². The van der Waals surface area contributed by atoms with Crippen LogP contribution in [0.3, 0.4) is 0 Å². The van der Waals surface area contributed by atoms with Crippen molar-refractivity contribution in [2.75, 3.05) is 0 Å². The van der Waals surface area contributed by atoms with Crippen LogP contribution in [0.1, 0.15) is 16.1 Å². The molecule has 0 atom stereocenters. The van der Waals surface area contributed by atoms with E-state index < -0.39 is 4.92 Å². The molecule has 0 aliphatic heterocycles. The lowest BCUT2D eigenvalue weighted by atomic mass is 10.1. The standard InChI is InChI=1S/C10H7N3O3/c14-10(9-5-6-11-12-9)7-1-3-8(4-2-7)13(15)16/h1-6H,(H,11,12). The van der Waals surface area contributed by atoms with Crippen molar-refractivity contribution in [1.29, 1.82) is 0 Å². The number of aromatic amines is 1. The number of nitro benzene ring substituents is 1. The zero-order chi connectivity index (χ0) is 11.5. The molecule has 2 aromatic rings. The predicted molar refractivity (Wildman–Crippen MR) is 55.1 cm³/mol. The van der Waals surface area contributed by atoms with Crippen molar-refractivity contribution in [3.63, 3.8) is 0 Å². The quantitative estimate of drug-likeness (QED) is 0.479. The lowest BCUT2D eigenvalue weighted by Gasteiger charge is -1.97. The topological polar surface area (TPSA) is 88.9 Å². The molecule has 1 heterocycles. The van der Waals surface area contributed by atoms with Crippen LogP contribution in [0.15, 0.2) is 36.5 Å². The van der Waals surface area contributed by atoms with Crippen molar-refractivity contribution in [2.45, 2.75) is 0 Å². The first-order valence-corrected chi connectivity index (χ1v) is 4.47. The minimum Gasteiger partial charge on any atom is -0.287 e. The number of rotatable bonds is 3. The van der Waals surface area contributed by atoms with Gasteiger partial charge in [-0.3, -0.25) is 20.0 Å². The number of non-ortho nitro benzene ring substituents is 1. The van der Waals surface area contributed by atoms with E-state index >= 15 is 0 Å². The summed E-state index contributed by atoms with van der Waals surface area (Å²) >= 11 is 0. The molecule has 1 aromatic heterocycles. The zero-order valence-corrected chi connectivity index (χ0v) is 8.08. The van der Waals surface area contributed by atoms with Crippen molar-refractivity contribution in [3.8, 4) is 0 Å². The van der Waals surface area contributed by atoms with E-state index in [1.165, 1.54) is 30.5 Å². The largest absolute Gasteiger partial charge is 0.287 e. The molecule has 0 spiro atoms. The maximum Gasteiger partial charge on any atom is 0.269 e. The van der Waals surface area contributed by atoms with Crippen molar-refractivity contribution < 1.29 is 9.72 Å². The molecule has 6 heteroatoms. The summed E-state index contributed by atoms with van der Waals surface area (Å²) in [4.78, 5) is 21.7. The summed E-state index contributed by atoms with van der Waals surface area (Å²) in [5, 5.41) is 16.6. The third-order valence-corrected chi connectivity index (χ3v) is 2.09. The predicted octanol–water partition coefficient (Wildman–Crippen LogP) is 1.55. The van der Waals surface area contributed by atoms with Crippen molar-refractivity contribution in [1.82, 2.24) is 10.2 Å². The first kappa shape index (κ1) is 10.0. The first-order chi connectivity index (χ1) is 7.68. The van der Waals surface area contributed by atoms with E-state index in [4.69, 9.17) is 0 Å². The van der Waals surface area contributed by atoms with E-state index in [9.17, 15) is 14.9 Å². The highest BCUT2D eigenvalue weighted by Crippen LogP contribution is 2.14. The van der Waals surface area contributed by atoms with Crippen LogP contribution in [0.5, 0.6) is 0 Å². The van der Waals surface area contributed by atoms with Crippen LogP contribution >= 0.6 is 0 Å². The number of ketones is 1. The van der Waals surface area contributed by atoms with Gasteiger partial charge >= 0.3 is 0 Å². The van der Waals surface area contributed by atoms with Crippen molar-refractivity contribution in [3.05, 3.63) is 57.9 Å². The van der Waals surface area contributed by atoms with Crippen LogP contribution in [0, 0.1) is 10.1 Å². The van der Waals surface area contributed by atoms with Gasteiger partial charge in [0, 0.05) is 23.9 Å². The number of carbonyl (C=O) groups excluding carboxylic acids is 1. The number of nitro groups is 1. The van der Waals surface area contributed by atoms with Crippen LogP contribution < -0.4 is 0 Å². The summed E-state index contributed by atoms with van der Waals surface area (Å²) in [6, 6.07) is 6.97. The van der Waals surface area contributed by atoms with Gasteiger partial charge in [0.2, 0.25) is 5.78 Å². The molecule has 2 rings (SSSR count). The highest BCUT2D eigenvalue weighted by Gasteiger charge is 2.12. The molecule has 0 fully saturated rings. The lowest BCUT2D eigenvalue weighted by molar-refractivity contribution is -0.384. The van der Waals surface area contributed by atoms with Crippen LogP contribution in [-0.4, -0.2) is 20.9 Å². The van der Waals surface area contributed by atoms with Crippen molar-refractivity contribution in [2.24, 2.45) is 0 Å². The summed E-state index contributed by atoms with van der Waals surface area (Å²) in [6.07, 6.45) is 1.47. The second kappa shape index (κ2) is 3.93. The zero-order valence-electron chi connectivity index (χ0n) is 8.08. The summed E-state index contributed by atoms with van der Waals surface area (Å²) in [6.45, 7) is 0. The molecule has 0 saturated carbocycles. The van der Waals surface area contributed by atoms with E-state index in [1.54, 1.807) is 6.07 Å². The number of hydrogen-bond donors (Lipinski definition) is 1. The summed E-state index contributed by atoms with van der Waals surface area (Å²) in [7, 11) is 0. The van der Waals surface area contributed by atoms with E-state index in [0.717, 1.165) is 0 Å². The maximum atomic E-state index is 11.7. The molecule has 16 heavy (non-hydrogen) atoms. The monoisotopic (exact) mass is 217 g/mol. The number of hydrogen-bond acceptors (Lipinski definition) is 4. The second-order valence-corrected chi connectivity index (χ2v) is 3.10. The fourth-order valence-electron chi connectivity index (χ4n) is 1.27. The molecule has 1 N–H and O–H groups in total. The maximum absolute atomic E-state index is 11.7. The lowest BCUT2D eigenvalue weighted by Crippen LogP contribution is -2.01. The number of nitrogens with one attached hydrogen (secondary N) is 1. The third kappa shape index (κ3) is 1.81. The van der Waals surface area contributed by atoms with Gasteiger partial charge in [-0.2, -0.15) is 5.10 Å². The Labute approximate surface area is 90.1 Å². The fraction of sp³-hybridized carbons (Fsp3) is 0. The van der Waals surface area contributed by atoms with E-state index in [-0.39, 0.29) is 11.5 Å². The van der Waals surface area contributed by atoms with Crippen LogP contribution in [0.4, 0.5) is 5.69 Å². The molecule has 0 saturated heterocycles. The normalized spacial score (nSPS) is 10.0. The van der Waals surface area contributed by atoms with Gasteiger partial charge < -0.3 is 0 Å². The Morgan fingerprint density at radius 1 is 1.25 bits per heavy atom. The minimum atomic E-state index is -0.509. The molecule has 6 nitrogen and oxygen atoms in total. The van der Waals surface area contributed by atoms with Crippen LogP contribution in [0.2, 0.25) is 0 Å². The Balaban J connectivity index is 2.29. The number of benzene rings is 1. The number of H-pyrrole nitrogens is 1. The van der Waals surface area contributed by atoms with E-state index in [0.29, 0.717) is 11.3 Å². The van der Waals surface area contributed by atoms with Gasteiger partial charge in [-0.15, -0.1) is 0 Å². The number of carbonyl (C=O) groups is 1. The smallest absolute Gasteiger partial charge is 0.269 e. The molecule has 0 unspecified atom stereocenters. The molecule has 80 valence electrons. The summed E-state index contributed by atoms with van der Waals surface area (Å²) < 4.78 is 0. The van der Waals surface area contributed by atoms with Gasteiger partial charge in [0.05, 0.1) is 4.92 Å². The highest BCUT2D eigenvalue weighted by atomic mass is 16.6. The Kier molecular flexibility index (Phi) is 2.47. The first-order valence-electron chi connectivity index (χ1n) is 4.47. The molecule has 0 aliphatic carbocycles. The average molecular weight is 217 g/mol. The molecule has 0 radical (unpaired) electrons. The highest BCUT2D eigenvalue weighted by molar-refractivity contribution is 6.07. The van der Waals surface area contributed by atoms with Crippen molar-refractivity contribution >= 4 is 11.5 Å². The van der Waals surface area contributed by atoms with Crippen LogP contribution in [-0.2, 0) is 0 Å². The van der Waals surface area contributed by atoms with Gasteiger partial charge in [-0.05, 0) is 18.2 Å². The van der Waals surface area contributed by atoms with Gasteiger partial charge in [0.25, 0.3) is 5.69 Å². The van der Waals surface area contributed by atoms with E-state index in [1.807, 2.05) is 0 Å². The molecule has 0 bridgehead atoms. The third-order valence-electron chi connectivity index (χ3n) is 2.09. The van der Waals surface area contributed by atoms with Gasteiger partial charge in [-0.1, -0.05) is 0 Å². The molecule has 0 amide bonds. The number of aromatic nitrogens is 2. The van der Waals surface area contributed by atoms with Crippen LogP contribution in [0.25, 0.3) is 0 Å². The Morgan fingerprint density at radius 2 is 1.94 bits per heavy atom. The Hall–Kier alpha value is -2.50. The second-order valence-electron chi connectivity index (χ2n) is 3.10. The fourth-order valence-corrected chi connectivity index (χ4v) is 1.27.